The van der Waals surface area contributed by atoms with Crippen LogP contribution in [0.25, 0.3) is 0 Å². The molecule has 4 aliphatic heterocycles. The Morgan fingerprint density at radius 1 is 0.647 bits per heavy atom. The van der Waals surface area contributed by atoms with Crippen molar-refractivity contribution in [2.24, 2.45) is 27.6 Å². The van der Waals surface area contributed by atoms with Gasteiger partial charge in [-0.3, -0.25) is 0 Å². The predicted molar refractivity (Wildman–Crippen MR) is 144 cm³/mol. The van der Waals surface area contributed by atoms with Crippen molar-refractivity contribution in [3.8, 4) is 0 Å². The molecule has 0 aromatic rings. The van der Waals surface area contributed by atoms with Crippen LogP contribution >= 0.6 is 0 Å². The molecule has 204 valence electrons. The van der Waals surface area contributed by atoms with Crippen LogP contribution in [0.4, 0.5) is 0 Å². The van der Waals surface area contributed by atoms with E-state index < -0.39 is 0 Å². The summed E-state index contributed by atoms with van der Waals surface area (Å²) in [5, 5.41) is 0. The molecule has 4 heterocycles. The highest BCUT2D eigenvalue weighted by molar-refractivity contribution is 4.95. The lowest BCUT2D eigenvalue weighted by atomic mass is 9.87. The maximum Gasteiger partial charge on any atom is 0.0892 e. The first-order valence-electron chi connectivity index (χ1n) is 13.6. The first kappa shape index (κ1) is 31.9. The summed E-state index contributed by atoms with van der Waals surface area (Å²) in [5.41, 5.74) is 1.53. The van der Waals surface area contributed by atoms with Gasteiger partial charge in [0.1, 0.15) is 0 Å². The molecule has 4 saturated heterocycles. The molecule has 0 saturated carbocycles. The number of hydrogen-bond acceptors (Lipinski definition) is 4. The summed E-state index contributed by atoms with van der Waals surface area (Å²) in [6.07, 6.45) is 4.90. The number of hydrogen-bond donors (Lipinski definition) is 0. The molecule has 0 bridgehead atoms. The lowest BCUT2D eigenvalue weighted by Crippen LogP contribution is -2.18. The normalized spacial score (nSPS) is 34.0. The molecule has 4 rings (SSSR count). The number of ether oxygens (including phenoxy) is 4. The van der Waals surface area contributed by atoms with Gasteiger partial charge < -0.3 is 18.9 Å². The van der Waals surface area contributed by atoms with Crippen LogP contribution in [0.1, 0.15) is 117 Å². The molecule has 0 aliphatic carbocycles. The van der Waals surface area contributed by atoms with Crippen molar-refractivity contribution in [2.45, 2.75) is 160 Å². The van der Waals surface area contributed by atoms with E-state index in [1.165, 1.54) is 6.42 Å². The fourth-order valence-electron chi connectivity index (χ4n) is 4.02. The summed E-state index contributed by atoms with van der Waals surface area (Å²) in [7, 11) is 0. The summed E-state index contributed by atoms with van der Waals surface area (Å²) in [4.78, 5) is 0. The fraction of sp³-hybridized carbons (Fsp3) is 1.00. The molecule has 4 heteroatoms. The summed E-state index contributed by atoms with van der Waals surface area (Å²) in [6.45, 7) is 36.4. The average molecular weight is 485 g/mol. The van der Waals surface area contributed by atoms with Crippen LogP contribution in [0.15, 0.2) is 0 Å². The third-order valence-corrected chi connectivity index (χ3v) is 6.55. The first-order chi connectivity index (χ1) is 15.0. The maximum absolute atomic E-state index is 5.54. The van der Waals surface area contributed by atoms with Crippen LogP contribution < -0.4 is 0 Å². The Kier molecular flexibility index (Phi) is 10.8. The topological polar surface area (TPSA) is 50.1 Å². The molecule has 0 aromatic heterocycles. The Balaban J connectivity index is 0.000000228. The second-order valence-corrected chi connectivity index (χ2v) is 15.6. The van der Waals surface area contributed by atoms with E-state index in [0.29, 0.717) is 70.3 Å². The van der Waals surface area contributed by atoms with Crippen molar-refractivity contribution in [1.82, 2.24) is 0 Å². The molecule has 0 aromatic carbocycles. The van der Waals surface area contributed by atoms with E-state index in [4.69, 9.17) is 18.9 Å². The Morgan fingerprint density at radius 2 is 1.06 bits per heavy atom. The van der Waals surface area contributed by atoms with Gasteiger partial charge in [0.2, 0.25) is 0 Å². The monoisotopic (exact) mass is 484 g/mol. The quantitative estimate of drug-likeness (QED) is 0.374. The molecule has 4 nitrogen and oxygen atoms in total. The SMILES string of the molecule is CC(C)(C)C1CO1.CC(C)C1OC1C(C)(C)C.CC1OC1C(C)(C)C.CC1OC1CC(C)(C)C. The van der Waals surface area contributed by atoms with Crippen LogP contribution in [0.2, 0.25) is 0 Å². The van der Waals surface area contributed by atoms with E-state index in [-0.39, 0.29) is 0 Å². The average Bonchev–Trinajstić information content (AvgIpc) is 3.44. The Labute approximate surface area is 213 Å². The second-order valence-electron chi connectivity index (χ2n) is 15.6. The van der Waals surface area contributed by atoms with Gasteiger partial charge in [-0.2, -0.15) is 0 Å². The molecule has 4 fully saturated rings. The predicted octanol–water partition coefficient (Wildman–Crippen LogP) is 7.92. The van der Waals surface area contributed by atoms with E-state index in [1.54, 1.807) is 0 Å². The molecule has 0 N–H and O–H groups in total. The Morgan fingerprint density at radius 3 is 1.12 bits per heavy atom. The molecule has 34 heavy (non-hydrogen) atoms. The van der Waals surface area contributed by atoms with Crippen LogP contribution in [0.3, 0.4) is 0 Å². The van der Waals surface area contributed by atoms with Crippen molar-refractivity contribution in [2.75, 3.05) is 6.61 Å². The molecule has 4 aliphatic rings. The van der Waals surface area contributed by atoms with Crippen LogP contribution in [-0.2, 0) is 18.9 Å². The van der Waals surface area contributed by atoms with Gasteiger partial charge in [-0.05, 0) is 47.8 Å². The summed E-state index contributed by atoms with van der Waals surface area (Å²) < 4.78 is 21.2. The standard InChI is InChI=1S/C9H18O.C8H16O.C7H14O.C6H12O/c1-6(2)7-8(10-7)9(3,4)5;1-6-7(9-6)5-8(2,3)4;1-5-6(8-5)7(2,3)4;1-6(2,3)5-4-7-5/h6-8H,1-5H3;6-7H,5H2,1-4H3;5-6H,1-4H3;5H,4H2,1-3H3. The fourth-order valence-corrected chi connectivity index (χ4v) is 4.02. The minimum absolute atomic E-state index is 0.342. The first-order valence-corrected chi connectivity index (χ1v) is 13.6. The summed E-state index contributed by atoms with van der Waals surface area (Å²) >= 11 is 0. The highest BCUT2D eigenvalue weighted by atomic mass is 16.6. The summed E-state index contributed by atoms with van der Waals surface area (Å²) in [5.74, 6) is 0.684. The Hall–Kier alpha value is -0.160. The molecule has 0 spiro atoms. The van der Waals surface area contributed by atoms with Crippen molar-refractivity contribution in [3.63, 3.8) is 0 Å². The smallest absolute Gasteiger partial charge is 0.0892 e. The minimum Gasteiger partial charge on any atom is -0.373 e. The lowest BCUT2D eigenvalue weighted by molar-refractivity contribution is 0.256. The zero-order valence-electron chi connectivity index (χ0n) is 25.7. The number of rotatable bonds is 2. The highest BCUT2D eigenvalue weighted by Gasteiger charge is 2.48. The lowest BCUT2D eigenvalue weighted by Gasteiger charge is -2.15. The van der Waals surface area contributed by atoms with Crippen LogP contribution in [0, 0.1) is 27.6 Å². The van der Waals surface area contributed by atoms with Crippen molar-refractivity contribution in [1.29, 1.82) is 0 Å². The zero-order valence-corrected chi connectivity index (χ0v) is 25.7. The molecule has 7 atom stereocenters. The molecule has 0 radical (unpaired) electrons. The van der Waals surface area contributed by atoms with E-state index in [9.17, 15) is 0 Å². The third-order valence-electron chi connectivity index (χ3n) is 6.55. The zero-order chi connectivity index (χ0) is 26.9. The van der Waals surface area contributed by atoms with Gasteiger partial charge in [0.05, 0.1) is 49.3 Å². The number of epoxide rings is 4. The molecular weight excluding hydrogens is 424 g/mol. The van der Waals surface area contributed by atoms with E-state index in [2.05, 4.69) is 111 Å². The second kappa shape index (κ2) is 11.5. The van der Waals surface area contributed by atoms with Crippen LogP contribution in [0.5, 0.6) is 0 Å². The maximum atomic E-state index is 5.54. The molecule has 7 unspecified atom stereocenters. The van der Waals surface area contributed by atoms with Crippen molar-refractivity contribution in [3.05, 3.63) is 0 Å². The van der Waals surface area contributed by atoms with Crippen molar-refractivity contribution >= 4 is 0 Å². The van der Waals surface area contributed by atoms with Gasteiger partial charge in [0, 0.05) is 0 Å². The van der Waals surface area contributed by atoms with E-state index in [0.717, 1.165) is 6.61 Å². The molecule has 0 amide bonds. The largest absolute Gasteiger partial charge is 0.373 e. The van der Waals surface area contributed by atoms with E-state index >= 15 is 0 Å². The highest BCUT2D eigenvalue weighted by Crippen LogP contribution is 2.41. The minimum atomic E-state index is 0.342. The third kappa shape index (κ3) is 13.2. The van der Waals surface area contributed by atoms with E-state index in [1.807, 2.05) is 0 Å². The summed E-state index contributed by atoms with van der Waals surface area (Å²) in [6, 6.07) is 0. The van der Waals surface area contributed by atoms with Crippen LogP contribution in [-0.4, -0.2) is 49.3 Å². The van der Waals surface area contributed by atoms with Gasteiger partial charge in [-0.1, -0.05) is 96.9 Å². The molecular formula is C30H60O4. The van der Waals surface area contributed by atoms with Gasteiger partial charge in [-0.15, -0.1) is 0 Å². The van der Waals surface area contributed by atoms with Gasteiger partial charge in [0.15, 0.2) is 0 Å². The van der Waals surface area contributed by atoms with Gasteiger partial charge in [-0.25, -0.2) is 0 Å². The van der Waals surface area contributed by atoms with Gasteiger partial charge >= 0.3 is 0 Å². The Bertz CT molecular complexity index is 595. The van der Waals surface area contributed by atoms with Crippen molar-refractivity contribution < 1.29 is 18.9 Å². The van der Waals surface area contributed by atoms with Gasteiger partial charge in [0.25, 0.3) is 0 Å².